The van der Waals surface area contributed by atoms with E-state index in [4.69, 9.17) is 5.73 Å². The third kappa shape index (κ3) is 4.44. The first kappa shape index (κ1) is 13.5. The molecule has 1 aromatic rings. The highest BCUT2D eigenvalue weighted by molar-refractivity contribution is 7.91. The normalized spacial score (nSPS) is 13.1. The van der Waals surface area contributed by atoms with Gasteiger partial charge >= 0.3 is 0 Å². The van der Waals surface area contributed by atoms with E-state index < -0.39 is 21.5 Å². The van der Waals surface area contributed by atoms with Crippen molar-refractivity contribution in [2.24, 2.45) is 0 Å². The number of hydrogen-bond acceptors (Lipinski definition) is 4. The average Bonchev–Trinajstić information content (AvgIpc) is 2.14. The molecule has 0 bridgehead atoms. The van der Waals surface area contributed by atoms with Crippen LogP contribution in [0.4, 0.5) is 5.69 Å². The standard InChI is InChI=1S/C11H16N2O3S/c1-8(9-5-3-4-6-10(9)12)13-11(14)7-17(2,15)16/h3-6,8H,7,12H2,1-2H3,(H,13,14). The number of para-hydroxylation sites is 1. The van der Waals surface area contributed by atoms with Crippen molar-refractivity contribution in [1.29, 1.82) is 0 Å². The smallest absolute Gasteiger partial charge is 0.235 e. The summed E-state index contributed by atoms with van der Waals surface area (Å²) in [4.78, 5) is 11.4. The van der Waals surface area contributed by atoms with E-state index in [-0.39, 0.29) is 6.04 Å². The first-order valence-electron chi connectivity index (χ1n) is 5.11. The number of amides is 1. The van der Waals surface area contributed by atoms with Gasteiger partial charge < -0.3 is 11.1 Å². The van der Waals surface area contributed by atoms with Crippen molar-refractivity contribution in [3.63, 3.8) is 0 Å². The molecule has 0 saturated heterocycles. The maximum absolute atomic E-state index is 11.4. The lowest BCUT2D eigenvalue weighted by Gasteiger charge is -2.15. The van der Waals surface area contributed by atoms with Crippen LogP contribution in [0.15, 0.2) is 24.3 Å². The predicted molar refractivity (Wildman–Crippen MR) is 67.1 cm³/mol. The Morgan fingerprint density at radius 2 is 2.00 bits per heavy atom. The van der Waals surface area contributed by atoms with E-state index >= 15 is 0 Å². The number of nitrogens with two attached hydrogens (primary N) is 1. The minimum absolute atomic E-state index is 0.314. The second-order valence-electron chi connectivity index (χ2n) is 3.99. The lowest BCUT2D eigenvalue weighted by atomic mass is 10.1. The maximum Gasteiger partial charge on any atom is 0.235 e. The van der Waals surface area contributed by atoms with Gasteiger partial charge in [0.1, 0.15) is 5.75 Å². The van der Waals surface area contributed by atoms with Gasteiger partial charge in [-0.25, -0.2) is 8.42 Å². The van der Waals surface area contributed by atoms with E-state index in [9.17, 15) is 13.2 Å². The van der Waals surface area contributed by atoms with Crippen molar-refractivity contribution in [2.75, 3.05) is 17.7 Å². The number of rotatable bonds is 4. The van der Waals surface area contributed by atoms with Crippen molar-refractivity contribution in [3.05, 3.63) is 29.8 Å². The number of benzene rings is 1. The molecule has 1 rings (SSSR count). The van der Waals surface area contributed by atoms with Gasteiger partial charge in [-0.2, -0.15) is 0 Å². The van der Waals surface area contributed by atoms with Gasteiger partial charge in [-0.1, -0.05) is 18.2 Å². The van der Waals surface area contributed by atoms with Crippen molar-refractivity contribution in [3.8, 4) is 0 Å². The molecule has 94 valence electrons. The molecule has 3 N–H and O–H groups in total. The van der Waals surface area contributed by atoms with E-state index in [1.165, 1.54) is 0 Å². The Bertz CT molecular complexity index is 511. The quantitative estimate of drug-likeness (QED) is 0.767. The molecule has 1 amide bonds. The SMILES string of the molecule is CC(NC(=O)CS(C)(=O)=O)c1ccccc1N. The molecular weight excluding hydrogens is 240 g/mol. The third-order valence-corrected chi connectivity index (χ3v) is 3.02. The first-order chi connectivity index (χ1) is 7.79. The molecule has 1 atom stereocenters. The van der Waals surface area contributed by atoms with Crippen LogP contribution in [0.5, 0.6) is 0 Å². The van der Waals surface area contributed by atoms with E-state index in [1.54, 1.807) is 25.1 Å². The van der Waals surface area contributed by atoms with Crippen LogP contribution in [0.1, 0.15) is 18.5 Å². The van der Waals surface area contributed by atoms with Crippen molar-refractivity contribution < 1.29 is 13.2 Å². The molecule has 0 spiro atoms. The molecule has 0 aromatic heterocycles. The molecule has 0 aliphatic carbocycles. The highest BCUT2D eigenvalue weighted by atomic mass is 32.2. The highest BCUT2D eigenvalue weighted by Crippen LogP contribution is 2.19. The fourth-order valence-electron chi connectivity index (χ4n) is 1.50. The molecule has 0 aliphatic heterocycles. The van der Waals surface area contributed by atoms with Crippen LogP contribution in [-0.2, 0) is 14.6 Å². The summed E-state index contributed by atoms with van der Waals surface area (Å²) in [5.41, 5.74) is 7.10. The van der Waals surface area contributed by atoms with Gasteiger partial charge in [0.05, 0.1) is 6.04 Å². The van der Waals surface area contributed by atoms with Crippen molar-refractivity contribution in [2.45, 2.75) is 13.0 Å². The van der Waals surface area contributed by atoms with Crippen LogP contribution < -0.4 is 11.1 Å². The fraction of sp³-hybridized carbons (Fsp3) is 0.364. The van der Waals surface area contributed by atoms with Gasteiger partial charge in [-0.3, -0.25) is 4.79 Å². The lowest BCUT2D eigenvalue weighted by Crippen LogP contribution is -2.32. The summed E-state index contributed by atoms with van der Waals surface area (Å²) in [5, 5.41) is 2.60. The third-order valence-electron chi connectivity index (χ3n) is 2.23. The van der Waals surface area contributed by atoms with Gasteiger partial charge in [-0.15, -0.1) is 0 Å². The zero-order valence-corrected chi connectivity index (χ0v) is 10.6. The van der Waals surface area contributed by atoms with Crippen molar-refractivity contribution in [1.82, 2.24) is 5.32 Å². The predicted octanol–water partition coefficient (Wildman–Crippen LogP) is 0.491. The van der Waals surface area contributed by atoms with Crippen LogP contribution in [0.2, 0.25) is 0 Å². The Morgan fingerprint density at radius 1 is 1.41 bits per heavy atom. The minimum Gasteiger partial charge on any atom is -0.398 e. The lowest BCUT2D eigenvalue weighted by molar-refractivity contribution is -0.119. The minimum atomic E-state index is -3.30. The number of nitrogen functional groups attached to an aromatic ring is 1. The van der Waals surface area contributed by atoms with Crippen LogP contribution in [0, 0.1) is 0 Å². The molecule has 0 heterocycles. The molecule has 1 aromatic carbocycles. The molecule has 0 aliphatic rings. The summed E-state index contributed by atoms with van der Waals surface area (Å²) in [7, 11) is -3.30. The molecular formula is C11H16N2O3S. The fourth-order valence-corrected chi connectivity index (χ4v) is 2.06. The molecule has 6 heteroatoms. The van der Waals surface area contributed by atoms with Gasteiger partial charge in [-0.05, 0) is 18.6 Å². The zero-order valence-electron chi connectivity index (χ0n) is 9.80. The molecule has 17 heavy (non-hydrogen) atoms. The van der Waals surface area contributed by atoms with E-state index in [0.717, 1.165) is 11.8 Å². The summed E-state index contributed by atoms with van der Waals surface area (Å²) in [6, 6.07) is 6.81. The summed E-state index contributed by atoms with van der Waals surface area (Å²) >= 11 is 0. The molecule has 0 saturated carbocycles. The highest BCUT2D eigenvalue weighted by Gasteiger charge is 2.15. The van der Waals surface area contributed by atoms with E-state index in [1.807, 2.05) is 6.07 Å². The number of hydrogen-bond donors (Lipinski definition) is 2. The van der Waals surface area contributed by atoms with Crippen LogP contribution in [-0.4, -0.2) is 26.3 Å². The van der Waals surface area contributed by atoms with E-state index in [0.29, 0.717) is 5.69 Å². The van der Waals surface area contributed by atoms with Crippen LogP contribution in [0.3, 0.4) is 0 Å². The average molecular weight is 256 g/mol. The van der Waals surface area contributed by atoms with Gasteiger partial charge in [0.2, 0.25) is 5.91 Å². The first-order valence-corrected chi connectivity index (χ1v) is 7.17. The Morgan fingerprint density at radius 3 is 2.53 bits per heavy atom. The number of nitrogens with one attached hydrogen (secondary N) is 1. The topological polar surface area (TPSA) is 89.3 Å². The zero-order chi connectivity index (χ0) is 13.1. The Kier molecular flexibility index (Phi) is 4.11. The Labute approximate surface area is 101 Å². The largest absolute Gasteiger partial charge is 0.398 e. The van der Waals surface area contributed by atoms with Gasteiger partial charge in [0, 0.05) is 11.9 Å². The van der Waals surface area contributed by atoms with Crippen molar-refractivity contribution >= 4 is 21.4 Å². The summed E-state index contributed by atoms with van der Waals surface area (Å²) in [6.45, 7) is 1.76. The molecule has 1 unspecified atom stereocenters. The number of sulfone groups is 1. The summed E-state index contributed by atoms with van der Waals surface area (Å²) < 4.78 is 21.9. The maximum atomic E-state index is 11.4. The van der Waals surface area contributed by atoms with Crippen LogP contribution in [0.25, 0.3) is 0 Å². The monoisotopic (exact) mass is 256 g/mol. The summed E-state index contributed by atoms with van der Waals surface area (Å²) in [5.74, 6) is -1.03. The number of anilines is 1. The number of carbonyl (C=O) groups is 1. The molecule has 0 fully saturated rings. The van der Waals surface area contributed by atoms with Gasteiger partial charge in [0.15, 0.2) is 9.84 Å². The second kappa shape index (κ2) is 5.18. The van der Waals surface area contributed by atoms with E-state index in [2.05, 4.69) is 5.32 Å². The number of carbonyl (C=O) groups excluding carboxylic acids is 1. The van der Waals surface area contributed by atoms with Gasteiger partial charge in [0.25, 0.3) is 0 Å². The second-order valence-corrected chi connectivity index (χ2v) is 6.13. The Balaban J connectivity index is 2.71. The molecule has 0 radical (unpaired) electrons. The van der Waals surface area contributed by atoms with Crippen LogP contribution >= 0.6 is 0 Å². The Hall–Kier alpha value is -1.56. The molecule has 5 nitrogen and oxygen atoms in total. The summed E-state index contributed by atoms with van der Waals surface area (Å²) in [6.07, 6.45) is 1.02.